The van der Waals surface area contributed by atoms with E-state index in [1.54, 1.807) is 0 Å². The van der Waals surface area contributed by atoms with Crippen molar-refractivity contribution in [1.29, 1.82) is 0 Å². The molecule has 0 heterocycles. The van der Waals surface area contributed by atoms with Gasteiger partial charge in [-0.1, -0.05) is 17.7 Å². The molecule has 1 atom stereocenters. The van der Waals surface area contributed by atoms with E-state index in [2.05, 4.69) is 10.6 Å². The van der Waals surface area contributed by atoms with Crippen molar-refractivity contribution < 1.29 is 14.6 Å². The SMILES string of the molecule is Cc1ccc(OCC(O)CNCCC(=O)NC2CC2)cc1. The van der Waals surface area contributed by atoms with E-state index in [9.17, 15) is 9.90 Å². The molecule has 0 radical (unpaired) electrons. The van der Waals surface area contributed by atoms with E-state index in [4.69, 9.17) is 4.74 Å². The van der Waals surface area contributed by atoms with Crippen LogP contribution in [0.5, 0.6) is 5.75 Å². The fourth-order valence-electron chi connectivity index (χ4n) is 1.88. The van der Waals surface area contributed by atoms with Gasteiger partial charge in [-0.2, -0.15) is 0 Å². The van der Waals surface area contributed by atoms with Crippen LogP contribution < -0.4 is 15.4 Å². The first kappa shape index (κ1) is 15.8. The van der Waals surface area contributed by atoms with Gasteiger partial charge in [-0.25, -0.2) is 0 Å². The van der Waals surface area contributed by atoms with Crippen LogP contribution in [-0.4, -0.2) is 42.9 Å². The molecule has 1 aliphatic carbocycles. The number of carbonyl (C=O) groups excluding carboxylic acids is 1. The fourth-order valence-corrected chi connectivity index (χ4v) is 1.88. The topological polar surface area (TPSA) is 70.6 Å². The number of carbonyl (C=O) groups is 1. The number of aliphatic hydroxyl groups excluding tert-OH is 1. The Bertz CT molecular complexity index is 443. The number of aliphatic hydroxyl groups is 1. The third-order valence-electron chi connectivity index (χ3n) is 3.31. The van der Waals surface area contributed by atoms with Crippen LogP contribution in [0.2, 0.25) is 0 Å². The van der Waals surface area contributed by atoms with Crippen LogP contribution in [0.15, 0.2) is 24.3 Å². The fraction of sp³-hybridized carbons (Fsp3) is 0.562. The smallest absolute Gasteiger partial charge is 0.221 e. The van der Waals surface area contributed by atoms with Gasteiger partial charge in [0.1, 0.15) is 18.5 Å². The summed E-state index contributed by atoms with van der Waals surface area (Å²) in [6.45, 7) is 3.25. The molecule has 5 heteroatoms. The summed E-state index contributed by atoms with van der Waals surface area (Å²) in [7, 11) is 0. The van der Waals surface area contributed by atoms with Crippen LogP contribution in [0.1, 0.15) is 24.8 Å². The van der Waals surface area contributed by atoms with Crippen LogP contribution in [0.4, 0.5) is 0 Å². The lowest BCUT2D eigenvalue weighted by atomic mass is 10.2. The summed E-state index contributed by atoms with van der Waals surface area (Å²) in [5, 5.41) is 15.8. The van der Waals surface area contributed by atoms with Crippen LogP contribution >= 0.6 is 0 Å². The molecular weight excluding hydrogens is 268 g/mol. The normalized spacial score (nSPS) is 15.5. The zero-order chi connectivity index (χ0) is 15.1. The molecule has 1 saturated carbocycles. The summed E-state index contributed by atoms with van der Waals surface area (Å²) in [5.41, 5.74) is 1.18. The Balaban J connectivity index is 1.51. The number of rotatable bonds is 9. The lowest BCUT2D eigenvalue weighted by molar-refractivity contribution is -0.121. The average Bonchev–Trinajstić information content (AvgIpc) is 3.27. The molecule has 1 aliphatic rings. The highest BCUT2D eigenvalue weighted by Crippen LogP contribution is 2.18. The van der Waals surface area contributed by atoms with E-state index < -0.39 is 6.10 Å². The molecule has 1 unspecified atom stereocenters. The maximum Gasteiger partial charge on any atom is 0.221 e. The summed E-state index contributed by atoms with van der Waals surface area (Å²) in [6, 6.07) is 8.12. The standard InChI is InChI=1S/C16H24N2O3/c1-12-2-6-15(7-3-12)21-11-14(19)10-17-9-8-16(20)18-13-4-5-13/h2-3,6-7,13-14,17,19H,4-5,8-11H2,1H3,(H,18,20). The maximum atomic E-state index is 11.4. The minimum atomic E-state index is -0.585. The number of benzene rings is 1. The molecule has 116 valence electrons. The molecule has 1 fully saturated rings. The Labute approximate surface area is 125 Å². The third kappa shape index (κ3) is 6.60. The molecule has 21 heavy (non-hydrogen) atoms. The number of hydrogen-bond donors (Lipinski definition) is 3. The van der Waals surface area contributed by atoms with E-state index in [0.29, 0.717) is 25.6 Å². The Kier molecular flexibility index (Phi) is 6.02. The molecule has 2 rings (SSSR count). The first-order chi connectivity index (χ1) is 10.1. The highest BCUT2D eigenvalue weighted by molar-refractivity contribution is 5.76. The van der Waals surface area contributed by atoms with Gasteiger partial charge in [-0.3, -0.25) is 4.79 Å². The quantitative estimate of drug-likeness (QED) is 0.594. The van der Waals surface area contributed by atoms with Crippen molar-refractivity contribution in [3.05, 3.63) is 29.8 Å². The Morgan fingerprint density at radius 3 is 2.76 bits per heavy atom. The van der Waals surface area contributed by atoms with Gasteiger partial charge in [0, 0.05) is 25.6 Å². The summed E-state index contributed by atoms with van der Waals surface area (Å²) < 4.78 is 5.49. The largest absolute Gasteiger partial charge is 0.491 e. The van der Waals surface area contributed by atoms with Gasteiger partial charge in [0.2, 0.25) is 5.91 Å². The zero-order valence-electron chi connectivity index (χ0n) is 12.5. The first-order valence-corrected chi connectivity index (χ1v) is 7.51. The zero-order valence-corrected chi connectivity index (χ0v) is 12.5. The van der Waals surface area contributed by atoms with Gasteiger partial charge in [0.25, 0.3) is 0 Å². The average molecular weight is 292 g/mol. The summed E-state index contributed by atoms with van der Waals surface area (Å²) >= 11 is 0. The van der Waals surface area contributed by atoms with Crippen LogP contribution in [0.25, 0.3) is 0 Å². The van der Waals surface area contributed by atoms with Crippen LogP contribution in [0, 0.1) is 6.92 Å². The lowest BCUT2D eigenvalue weighted by Crippen LogP contribution is -2.34. The summed E-state index contributed by atoms with van der Waals surface area (Å²) in [4.78, 5) is 11.4. The Morgan fingerprint density at radius 2 is 2.10 bits per heavy atom. The number of nitrogens with one attached hydrogen (secondary N) is 2. The Hall–Kier alpha value is -1.59. The predicted molar refractivity (Wildman–Crippen MR) is 81.3 cm³/mol. The van der Waals surface area contributed by atoms with Crippen LogP contribution in [0.3, 0.4) is 0 Å². The number of hydrogen-bond acceptors (Lipinski definition) is 4. The van der Waals surface area contributed by atoms with E-state index in [1.807, 2.05) is 31.2 Å². The molecule has 1 amide bonds. The van der Waals surface area contributed by atoms with Crippen molar-refractivity contribution in [2.75, 3.05) is 19.7 Å². The molecule has 1 aromatic carbocycles. The van der Waals surface area contributed by atoms with E-state index in [-0.39, 0.29) is 12.5 Å². The lowest BCUT2D eigenvalue weighted by Gasteiger charge is -2.13. The van der Waals surface area contributed by atoms with Gasteiger partial charge in [0.15, 0.2) is 0 Å². The maximum absolute atomic E-state index is 11.4. The third-order valence-corrected chi connectivity index (χ3v) is 3.31. The predicted octanol–water partition coefficient (Wildman–Crippen LogP) is 0.993. The molecule has 0 aromatic heterocycles. The van der Waals surface area contributed by atoms with Gasteiger partial charge < -0.3 is 20.5 Å². The second-order valence-corrected chi connectivity index (χ2v) is 5.57. The van der Waals surface area contributed by atoms with E-state index >= 15 is 0 Å². The van der Waals surface area contributed by atoms with Gasteiger partial charge in [-0.05, 0) is 31.9 Å². The second-order valence-electron chi connectivity index (χ2n) is 5.57. The summed E-state index contributed by atoms with van der Waals surface area (Å²) in [6.07, 6.45) is 2.07. The second kappa shape index (κ2) is 8.00. The molecule has 0 aliphatic heterocycles. The highest BCUT2D eigenvalue weighted by atomic mass is 16.5. The van der Waals surface area contributed by atoms with Gasteiger partial charge in [-0.15, -0.1) is 0 Å². The molecule has 0 spiro atoms. The van der Waals surface area contributed by atoms with Crippen molar-refractivity contribution in [3.63, 3.8) is 0 Å². The van der Waals surface area contributed by atoms with Crippen molar-refractivity contribution >= 4 is 5.91 Å². The molecule has 0 saturated heterocycles. The minimum absolute atomic E-state index is 0.0791. The molecular formula is C16H24N2O3. The summed E-state index contributed by atoms with van der Waals surface area (Å²) in [5.74, 6) is 0.832. The number of ether oxygens (including phenoxy) is 1. The van der Waals surface area contributed by atoms with Gasteiger partial charge in [0.05, 0.1) is 0 Å². The number of aryl methyl sites for hydroxylation is 1. The van der Waals surface area contributed by atoms with Crippen molar-refractivity contribution in [2.24, 2.45) is 0 Å². The van der Waals surface area contributed by atoms with Gasteiger partial charge >= 0.3 is 0 Å². The van der Waals surface area contributed by atoms with Crippen molar-refractivity contribution in [2.45, 2.75) is 38.3 Å². The molecule has 5 nitrogen and oxygen atoms in total. The highest BCUT2D eigenvalue weighted by Gasteiger charge is 2.22. The molecule has 1 aromatic rings. The minimum Gasteiger partial charge on any atom is -0.491 e. The first-order valence-electron chi connectivity index (χ1n) is 7.51. The van der Waals surface area contributed by atoms with Crippen molar-refractivity contribution in [3.8, 4) is 5.75 Å². The van der Waals surface area contributed by atoms with Crippen LogP contribution in [-0.2, 0) is 4.79 Å². The van der Waals surface area contributed by atoms with Crippen molar-refractivity contribution in [1.82, 2.24) is 10.6 Å². The van der Waals surface area contributed by atoms with E-state index in [1.165, 1.54) is 5.56 Å². The number of amides is 1. The molecule has 0 bridgehead atoms. The van der Waals surface area contributed by atoms with E-state index in [0.717, 1.165) is 18.6 Å². The molecule has 3 N–H and O–H groups in total. The monoisotopic (exact) mass is 292 g/mol. The Morgan fingerprint density at radius 1 is 1.38 bits per heavy atom.